The summed E-state index contributed by atoms with van der Waals surface area (Å²) in [5.74, 6) is -0.889. The lowest BCUT2D eigenvalue weighted by atomic mass is 10.2. The van der Waals surface area contributed by atoms with Crippen LogP contribution in [0.4, 0.5) is 13.2 Å². The molecule has 0 aromatic heterocycles. The highest BCUT2D eigenvalue weighted by molar-refractivity contribution is 6.42. The summed E-state index contributed by atoms with van der Waals surface area (Å²) in [5, 5.41) is 0.322. The van der Waals surface area contributed by atoms with Crippen LogP contribution in [0.3, 0.4) is 0 Å². The molecule has 0 aliphatic rings. The highest BCUT2D eigenvalue weighted by atomic mass is 35.5. The van der Waals surface area contributed by atoms with Crippen molar-refractivity contribution < 1.29 is 18.0 Å². The number of carbonyl (C=O) groups excluding carboxylic acids is 1. The summed E-state index contributed by atoms with van der Waals surface area (Å²) in [5.41, 5.74) is 0.0313. The molecule has 8 heteroatoms. The summed E-state index contributed by atoms with van der Waals surface area (Å²) in [6, 6.07) is 3.89. The number of hydrogen-bond donors (Lipinski definition) is 0. The third-order valence-corrected chi connectivity index (χ3v) is 3.09. The fourth-order valence-corrected chi connectivity index (χ4v) is 1.88. The van der Waals surface area contributed by atoms with Gasteiger partial charge in [0, 0.05) is 18.0 Å². The molecule has 106 valence electrons. The van der Waals surface area contributed by atoms with E-state index in [0.29, 0.717) is 4.90 Å². The Labute approximate surface area is 123 Å². The van der Waals surface area contributed by atoms with E-state index in [0.717, 1.165) is 0 Å². The van der Waals surface area contributed by atoms with E-state index in [1.807, 2.05) is 0 Å². The van der Waals surface area contributed by atoms with Crippen molar-refractivity contribution in [2.24, 2.45) is 0 Å². The predicted octanol–water partition coefficient (Wildman–Crippen LogP) is 4.24. The topological polar surface area (TPSA) is 20.3 Å². The number of benzene rings is 1. The Bertz CT molecular complexity index is 465. The van der Waals surface area contributed by atoms with Crippen molar-refractivity contribution in [3.8, 4) is 0 Å². The van der Waals surface area contributed by atoms with Gasteiger partial charge in [-0.2, -0.15) is 13.2 Å². The van der Waals surface area contributed by atoms with Crippen LogP contribution in [0, 0.1) is 0 Å². The Morgan fingerprint density at radius 3 is 2.32 bits per heavy atom. The minimum atomic E-state index is -4.49. The predicted molar refractivity (Wildman–Crippen MR) is 69.1 cm³/mol. The average Bonchev–Trinajstić information content (AvgIpc) is 2.29. The van der Waals surface area contributed by atoms with Gasteiger partial charge in [-0.25, -0.2) is 0 Å². The van der Waals surface area contributed by atoms with Crippen LogP contribution in [0.25, 0.3) is 0 Å². The Morgan fingerprint density at radius 2 is 1.84 bits per heavy atom. The Hall–Kier alpha value is -0.650. The van der Waals surface area contributed by atoms with Crippen LogP contribution in [-0.4, -0.2) is 36.0 Å². The van der Waals surface area contributed by atoms with E-state index in [-0.39, 0.29) is 28.0 Å². The summed E-state index contributed by atoms with van der Waals surface area (Å²) >= 11 is 16.8. The maximum atomic E-state index is 12.4. The molecule has 0 bridgehead atoms. The van der Waals surface area contributed by atoms with Gasteiger partial charge in [0.2, 0.25) is 0 Å². The van der Waals surface area contributed by atoms with E-state index < -0.39 is 18.6 Å². The lowest BCUT2D eigenvalue weighted by Gasteiger charge is -2.23. The summed E-state index contributed by atoms with van der Waals surface area (Å²) in [4.78, 5) is 12.6. The van der Waals surface area contributed by atoms with Gasteiger partial charge in [-0.15, -0.1) is 11.6 Å². The van der Waals surface area contributed by atoms with Crippen LogP contribution in [0.5, 0.6) is 0 Å². The molecule has 0 saturated heterocycles. The van der Waals surface area contributed by atoms with Crippen molar-refractivity contribution >= 4 is 40.7 Å². The maximum absolute atomic E-state index is 12.4. The van der Waals surface area contributed by atoms with Crippen LogP contribution < -0.4 is 0 Å². The third-order valence-electron chi connectivity index (χ3n) is 2.18. The van der Waals surface area contributed by atoms with Gasteiger partial charge >= 0.3 is 6.18 Å². The van der Waals surface area contributed by atoms with Gasteiger partial charge in [0.15, 0.2) is 0 Å². The number of amides is 1. The molecule has 1 aromatic carbocycles. The van der Waals surface area contributed by atoms with E-state index in [9.17, 15) is 18.0 Å². The van der Waals surface area contributed by atoms with Gasteiger partial charge in [-0.3, -0.25) is 4.79 Å². The van der Waals surface area contributed by atoms with Crippen molar-refractivity contribution in [3.63, 3.8) is 0 Å². The van der Waals surface area contributed by atoms with E-state index in [1.54, 1.807) is 0 Å². The first kappa shape index (κ1) is 16.4. The summed E-state index contributed by atoms with van der Waals surface area (Å²) in [6.45, 7) is -1.57. The summed E-state index contributed by atoms with van der Waals surface area (Å²) < 4.78 is 37.1. The van der Waals surface area contributed by atoms with E-state index in [4.69, 9.17) is 34.8 Å². The number of nitrogens with zero attached hydrogens (tertiary/aromatic N) is 1. The standard InChI is InChI=1S/C11H9Cl3F3NO/c12-3-4-18(6-11(15,16)17)10(19)7-1-2-8(13)9(14)5-7/h1-2,5H,3-4,6H2. The zero-order valence-corrected chi connectivity index (χ0v) is 11.7. The van der Waals surface area contributed by atoms with Crippen molar-refractivity contribution in [1.82, 2.24) is 4.90 Å². The number of halogens is 6. The molecule has 0 unspecified atom stereocenters. The molecule has 0 fully saturated rings. The monoisotopic (exact) mass is 333 g/mol. The van der Waals surface area contributed by atoms with Crippen LogP contribution in [-0.2, 0) is 0 Å². The van der Waals surface area contributed by atoms with Crippen molar-refractivity contribution in [1.29, 1.82) is 0 Å². The lowest BCUT2D eigenvalue weighted by Crippen LogP contribution is -2.40. The zero-order chi connectivity index (χ0) is 14.6. The number of rotatable bonds is 4. The van der Waals surface area contributed by atoms with Gasteiger partial charge in [-0.1, -0.05) is 23.2 Å². The maximum Gasteiger partial charge on any atom is 0.406 e. The number of alkyl halides is 4. The van der Waals surface area contributed by atoms with E-state index >= 15 is 0 Å². The molecule has 0 heterocycles. The highest BCUT2D eigenvalue weighted by Crippen LogP contribution is 2.24. The number of hydrogen-bond acceptors (Lipinski definition) is 1. The first-order valence-corrected chi connectivity index (χ1v) is 6.40. The van der Waals surface area contributed by atoms with Crippen molar-refractivity contribution in [2.45, 2.75) is 6.18 Å². The fraction of sp³-hybridized carbons (Fsp3) is 0.364. The van der Waals surface area contributed by atoms with Gasteiger partial charge in [0.1, 0.15) is 6.54 Å². The van der Waals surface area contributed by atoms with Crippen molar-refractivity contribution in [2.75, 3.05) is 19.0 Å². The van der Waals surface area contributed by atoms with Gasteiger partial charge in [0.05, 0.1) is 10.0 Å². The molecule has 0 N–H and O–H groups in total. The van der Waals surface area contributed by atoms with Crippen LogP contribution in [0.15, 0.2) is 18.2 Å². The fourth-order valence-electron chi connectivity index (χ4n) is 1.38. The SMILES string of the molecule is O=C(c1ccc(Cl)c(Cl)c1)N(CCCl)CC(F)(F)F. The molecule has 0 aliphatic heterocycles. The Balaban J connectivity index is 2.95. The largest absolute Gasteiger partial charge is 0.406 e. The smallest absolute Gasteiger partial charge is 0.328 e. The second kappa shape index (κ2) is 6.68. The molecular weight excluding hydrogens is 325 g/mol. The molecule has 1 aromatic rings. The van der Waals surface area contributed by atoms with Gasteiger partial charge in [-0.05, 0) is 18.2 Å². The molecule has 0 aliphatic carbocycles. The summed E-state index contributed by atoms with van der Waals surface area (Å²) in [6.07, 6.45) is -4.49. The van der Waals surface area contributed by atoms with Crippen molar-refractivity contribution in [3.05, 3.63) is 33.8 Å². The molecule has 0 radical (unpaired) electrons. The Kier molecular flexibility index (Phi) is 5.77. The zero-order valence-electron chi connectivity index (χ0n) is 9.48. The van der Waals surface area contributed by atoms with Crippen LogP contribution in [0.1, 0.15) is 10.4 Å². The van der Waals surface area contributed by atoms with Gasteiger partial charge < -0.3 is 4.90 Å². The van der Waals surface area contributed by atoms with Crippen LogP contribution >= 0.6 is 34.8 Å². The molecule has 0 atom stereocenters. The minimum Gasteiger partial charge on any atom is -0.328 e. The first-order chi connectivity index (χ1) is 8.74. The lowest BCUT2D eigenvalue weighted by molar-refractivity contribution is -0.140. The quantitative estimate of drug-likeness (QED) is 0.754. The normalized spacial score (nSPS) is 11.5. The van der Waals surface area contributed by atoms with E-state index in [1.165, 1.54) is 18.2 Å². The highest BCUT2D eigenvalue weighted by Gasteiger charge is 2.33. The minimum absolute atomic E-state index is 0.0313. The average molecular weight is 335 g/mol. The molecule has 2 nitrogen and oxygen atoms in total. The summed E-state index contributed by atoms with van der Waals surface area (Å²) in [7, 11) is 0. The van der Waals surface area contributed by atoms with Gasteiger partial charge in [0.25, 0.3) is 5.91 Å². The first-order valence-electron chi connectivity index (χ1n) is 5.11. The number of carbonyl (C=O) groups is 1. The molecule has 19 heavy (non-hydrogen) atoms. The molecular formula is C11H9Cl3F3NO. The molecule has 1 rings (SSSR count). The third kappa shape index (κ3) is 5.09. The molecule has 0 spiro atoms. The Morgan fingerprint density at radius 1 is 1.21 bits per heavy atom. The second-order valence-corrected chi connectivity index (χ2v) is 4.85. The molecule has 0 saturated carbocycles. The van der Waals surface area contributed by atoms with Crippen LogP contribution in [0.2, 0.25) is 10.0 Å². The van der Waals surface area contributed by atoms with E-state index in [2.05, 4.69) is 0 Å². The molecule has 1 amide bonds. The second-order valence-electron chi connectivity index (χ2n) is 3.66.